The van der Waals surface area contributed by atoms with Crippen LogP contribution in [0.1, 0.15) is 26.3 Å². The fraction of sp³-hybridized carbons (Fsp3) is 0.125. The molecule has 0 spiro atoms. The zero-order valence-corrected chi connectivity index (χ0v) is 18.6. The standard InChI is InChI=1S/C24H20BrN3O4/c25-20-10-3-1-8-18(20)23(30)27-21-11-4-2-9-19(21)22(29)26-15-16-6-5-7-17(14-16)28-12-13-32-24(28)31/h1-11,14H,12-13,15H2,(H,26,29)(H,27,30). The molecular formula is C24H20BrN3O4. The van der Waals surface area contributed by atoms with E-state index in [1.54, 1.807) is 47.4 Å². The predicted octanol–water partition coefficient (Wildman–Crippen LogP) is 4.59. The minimum atomic E-state index is -0.374. The average Bonchev–Trinajstić information content (AvgIpc) is 3.24. The first-order valence-electron chi connectivity index (χ1n) is 9.99. The topological polar surface area (TPSA) is 87.7 Å². The van der Waals surface area contributed by atoms with Crippen molar-refractivity contribution in [2.24, 2.45) is 0 Å². The van der Waals surface area contributed by atoms with Gasteiger partial charge >= 0.3 is 6.09 Å². The molecule has 3 aromatic carbocycles. The third-order valence-corrected chi connectivity index (χ3v) is 5.67. The van der Waals surface area contributed by atoms with Gasteiger partial charge in [-0.15, -0.1) is 0 Å². The van der Waals surface area contributed by atoms with Crippen molar-refractivity contribution in [3.05, 3.63) is 94.0 Å². The fourth-order valence-corrected chi connectivity index (χ4v) is 3.83. The van der Waals surface area contributed by atoms with Crippen LogP contribution in [0.25, 0.3) is 0 Å². The van der Waals surface area contributed by atoms with Gasteiger partial charge in [0.25, 0.3) is 11.8 Å². The van der Waals surface area contributed by atoms with E-state index in [1.807, 2.05) is 30.3 Å². The van der Waals surface area contributed by atoms with Crippen molar-refractivity contribution in [3.63, 3.8) is 0 Å². The molecule has 7 nitrogen and oxygen atoms in total. The van der Waals surface area contributed by atoms with Crippen molar-refractivity contribution in [1.29, 1.82) is 0 Å². The van der Waals surface area contributed by atoms with E-state index in [2.05, 4.69) is 26.6 Å². The number of para-hydroxylation sites is 1. The quantitative estimate of drug-likeness (QED) is 0.525. The number of halogens is 1. The first-order chi connectivity index (χ1) is 15.5. The number of hydrogen-bond donors (Lipinski definition) is 2. The highest BCUT2D eigenvalue weighted by Gasteiger charge is 2.23. The van der Waals surface area contributed by atoms with Crippen LogP contribution >= 0.6 is 15.9 Å². The molecule has 0 unspecified atom stereocenters. The molecule has 0 aliphatic carbocycles. The zero-order valence-electron chi connectivity index (χ0n) is 17.0. The molecule has 1 aliphatic heterocycles. The molecule has 0 bridgehead atoms. The lowest BCUT2D eigenvalue weighted by Gasteiger charge is -2.15. The van der Waals surface area contributed by atoms with E-state index in [0.29, 0.717) is 34.4 Å². The van der Waals surface area contributed by atoms with Gasteiger partial charge in [0.1, 0.15) is 6.61 Å². The van der Waals surface area contributed by atoms with Crippen LogP contribution < -0.4 is 15.5 Å². The fourth-order valence-electron chi connectivity index (χ4n) is 3.36. The summed E-state index contributed by atoms with van der Waals surface area (Å²) in [6.07, 6.45) is -0.374. The van der Waals surface area contributed by atoms with Crippen LogP contribution in [0.4, 0.5) is 16.2 Å². The van der Waals surface area contributed by atoms with Crippen LogP contribution in [-0.4, -0.2) is 31.1 Å². The normalized spacial score (nSPS) is 12.9. The summed E-state index contributed by atoms with van der Waals surface area (Å²) in [6, 6.07) is 21.3. The molecule has 3 amide bonds. The van der Waals surface area contributed by atoms with E-state index in [-0.39, 0.29) is 24.5 Å². The van der Waals surface area contributed by atoms with Crippen LogP contribution in [0.2, 0.25) is 0 Å². The highest BCUT2D eigenvalue weighted by Crippen LogP contribution is 2.22. The lowest BCUT2D eigenvalue weighted by atomic mass is 10.1. The molecule has 3 aromatic rings. The van der Waals surface area contributed by atoms with E-state index >= 15 is 0 Å². The summed E-state index contributed by atoms with van der Waals surface area (Å²) in [7, 11) is 0. The maximum Gasteiger partial charge on any atom is 0.414 e. The predicted molar refractivity (Wildman–Crippen MR) is 125 cm³/mol. The Hall–Kier alpha value is -3.65. The Morgan fingerprint density at radius 2 is 1.69 bits per heavy atom. The summed E-state index contributed by atoms with van der Waals surface area (Å²) in [5, 5.41) is 5.68. The molecular weight excluding hydrogens is 474 g/mol. The van der Waals surface area contributed by atoms with E-state index in [1.165, 1.54) is 0 Å². The molecule has 1 heterocycles. The number of hydrogen-bond acceptors (Lipinski definition) is 4. The number of carbonyl (C=O) groups is 3. The second-order valence-electron chi connectivity index (χ2n) is 7.10. The number of rotatable bonds is 6. The van der Waals surface area contributed by atoms with Crippen LogP contribution in [0.3, 0.4) is 0 Å². The van der Waals surface area contributed by atoms with E-state index < -0.39 is 0 Å². The van der Waals surface area contributed by atoms with E-state index in [9.17, 15) is 14.4 Å². The van der Waals surface area contributed by atoms with Gasteiger partial charge in [0.2, 0.25) is 0 Å². The summed E-state index contributed by atoms with van der Waals surface area (Å²) < 4.78 is 5.65. The number of carbonyl (C=O) groups excluding carboxylic acids is 3. The summed E-state index contributed by atoms with van der Waals surface area (Å²) in [4.78, 5) is 38.9. The molecule has 1 saturated heterocycles. The number of nitrogens with one attached hydrogen (secondary N) is 2. The molecule has 0 saturated carbocycles. The van der Waals surface area contributed by atoms with Gasteiger partial charge in [-0.3, -0.25) is 14.5 Å². The van der Waals surface area contributed by atoms with Crippen LogP contribution in [0.5, 0.6) is 0 Å². The summed E-state index contributed by atoms with van der Waals surface area (Å²) in [5.74, 6) is -0.637. The number of benzene rings is 3. The van der Waals surface area contributed by atoms with Crippen LogP contribution in [0.15, 0.2) is 77.3 Å². The van der Waals surface area contributed by atoms with Crippen molar-refractivity contribution >= 4 is 45.2 Å². The molecule has 2 N–H and O–H groups in total. The van der Waals surface area contributed by atoms with Gasteiger partial charge < -0.3 is 15.4 Å². The Morgan fingerprint density at radius 3 is 2.44 bits per heavy atom. The highest BCUT2D eigenvalue weighted by molar-refractivity contribution is 9.10. The number of nitrogens with zero attached hydrogens (tertiary/aromatic N) is 1. The Labute approximate surface area is 193 Å². The number of anilines is 2. The molecule has 4 rings (SSSR count). The number of ether oxygens (including phenoxy) is 1. The molecule has 32 heavy (non-hydrogen) atoms. The maximum atomic E-state index is 12.9. The van der Waals surface area contributed by atoms with Gasteiger partial charge in [0.05, 0.1) is 23.4 Å². The summed E-state index contributed by atoms with van der Waals surface area (Å²) >= 11 is 3.37. The van der Waals surface area contributed by atoms with Crippen molar-refractivity contribution < 1.29 is 19.1 Å². The smallest absolute Gasteiger partial charge is 0.414 e. The second-order valence-corrected chi connectivity index (χ2v) is 7.95. The lowest BCUT2D eigenvalue weighted by Crippen LogP contribution is -2.26. The Kier molecular flexibility index (Phi) is 6.51. The molecule has 1 aliphatic rings. The molecule has 0 radical (unpaired) electrons. The van der Waals surface area contributed by atoms with Crippen molar-refractivity contribution in [1.82, 2.24) is 5.32 Å². The van der Waals surface area contributed by atoms with Gasteiger partial charge in [-0.05, 0) is 57.9 Å². The maximum absolute atomic E-state index is 12.9. The van der Waals surface area contributed by atoms with E-state index in [0.717, 1.165) is 11.3 Å². The Bertz CT molecular complexity index is 1180. The lowest BCUT2D eigenvalue weighted by molar-refractivity contribution is 0.0951. The van der Waals surface area contributed by atoms with E-state index in [4.69, 9.17) is 4.74 Å². The number of cyclic esters (lactones) is 1. The van der Waals surface area contributed by atoms with Gasteiger partial charge in [-0.2, -0.15) is 0 Å². The molecule has 0 atom stereocenters. The minimum Gasteiger partial charge on any atom is -0.447 e. The van der Waals surface area contributed by atoms with Gasteiger partial charge in [0.15, 0.2) is 0 Å². The monoisotopic (exact) mass is 493 g/mol. The average molecular weight is 494 g/mol. The Morgan fingerprint density at radius 1 is 0.938 bits per heavy atom. The third kappa shape index (κ3) is 4.81. The SMILES string of the molecule is O=C(Nc1ccccc1C(=O)NCc1cccc(N2CCOC2=O)c1)c1ccccc1Br. The third-order valence-electron chi connectivity index (χ3n) is 4.97. The number of amides is 3. The largest absolute Gasteiger partial charge is 0.447 e. The first kappa shape index (κ1) is 21.6. The second kappa shape index (κ2) is 9.65. The van der Waals surface area contributed by atoms with Crippen molar-refractivity contribution in [3.8, 4) is 0 Å². The molecule has 1 fully saturated rings. The van der Waals surface area contributed by atoms with Crippen LogP contribution in [0, 0.1) is 0 Å². The van der Waals surface area contributed by atoms with Crippen LogP contribution in [-0.2, 0) is 11.3 Å². The van der Waals surface area contributed by atoms with Crippen molar-refractivity contribution in [2.75, 3.05) is 23.4 Å². The zero-order chi connectivity index (χ0) is 22.5. The van der Waals surface area contributed by atoms with Gasteiger partial charge in [-0.1, -0.05) is 36.4 Å². The minimum absolute atomic E-state index is 0.266. The van der Waals surface area contributed by atoms with Crippen molar-refractivity contribution in [2.45, 2.75) is 6.54 Å². The molecule has 0 aromatic heterocycles. The van der Waals surface area contributed by atoms with Gasteiger partial charge in [0, 0.05) is 16.7 Å². The molecule has 8 heteroatoms. The first-order valence-corrected chi connectivity index (χ1v) is 10.8. The highest BCUT2D eigenvalue weighted by atomic mass is 79.9. The summed E-state index contributed by atoms with van der Waals surface area (Å²) in [6.45, 7) is 1.13. The Balaban J connectivity index is 1.45. The van der Waals surface area contributed by atoms with Gasteiger partial charge in [-0.25, -0.2) is 4.79 Å². The summed E-state index contributed by atoms with van der Waals surface area (Å²) in [5.41, 5.74) is 2.80. The molecule has 162 valence electrons.